The molecule has 20 heavy (non-hydrogen) atoms. The van der Waals surface area contributed by atoms with Gasteiger partial charge >= 0.3 is 5.97 Å². The largest absolute Gasteiger partial charge is 0.478 e. The molecule has 2 rings (SSSR count). The van der Waals surface area contributed by atoms with Gasteiger partial charge in [0.2, 0.25) is 0 Å². The van der Waals surface area contributed by atoms with Gasteiger partial charge in [-0.25, -0.2) is 9.18 Å². The number of halogens is 2. The Bertz CT molecular complexity index is 725. The van der Waals surface area contributed by atoms with Gasteiger partial charge < -0.3 is 9.84 Å². The molecule has 100 valence electrons. The molecule has 0 bridgehead atoms. The van der Waals surface area contributed by atoms with E-state index in [9.17, 15) is 9.18 Å². The number of aromatic carboxylic acids is 1. The highest BCUT2D eigenvalue weighted by Crippen LogP contribution is 2.32. The van der Waals surface area contributed by atoms with E-state index in [1.807, 2.05) is 0 Å². The molecule has 2 aromatic carbocycles. The molecule has 4 nitrogen and oxygen atoms in total. The highest BCUT2D eigenvalue weighted by molar-refractivity contribution is 6.32. The highest BCUT2D eigenvalue weighted by Gasteiger charge is 2.11. The predicted molar refractivity (Wildman–Crippen MR) is 69.6 cm³/mol. The number of carboxylic acid groups (broad SMARTS) is 1. The fourth-order valence-electron chi connectivity index (χ4n) is 1.51. The predicted octanol–water partition coefficient (Wildman–Crippen LogP) is 3.84. The van der Waals surface area contributed by atoms with E-state index in [2.05, 4.69) is 0 Å². The summed E-state index contributed by atoms with van der Waals surface area (Å²) in [6.07, 6.45) is 0. The number of ether oxygens (including phenoxy) is 1. The van der Waals surface area contributed by atoms with Crippen molar-refractivity contribution >= 4 is 17.6 Å². The molecule has 0 saturated heterocycles. The zero-order valence-corrected chi connectivity index (χ0v) is 10.7. The van der Waals surface area contributed by atoms with Gasteiger partial charge in [-0.3, -0.25) is 0 Å². The summed E-state index contributed by atoms with van der Waals surface area (Å²) >= 11 is 5.90. The van der Waals surface area contributed by atoms with Crippen LogP contribution in [-0.4, -0.2) is 11.1 Å². The summed E-state index contributed by atoms with van der Waals surface area (Å²) in [7, 11) is 0. The maximum absolute atomic E-state index is 13.0. The Morgan fingerprint density at radius 3 is 2.55 bits per heavy atom. The van der Waals surface area contributed by atoms with Crippen molar-refractivity contribution in [3.63, 3.8) is 0 Å². The third-order valence-electron chi connectivity index (χ3n) is 2.46. The van der Waals surface area contributed by atoms with E-state index >= 15 is 0 Å². The maximum atomic E-state index is 13.0. The van der Waals surface area contributed by atoms with Gasteiger partial charge in [0, 0.05) is 0 Å². The molecule has 0 unspecified atom stereocenters. The number of nitrogens with zero attached hydrogens (tertiary/aromatic N) is 1. The van der Waals surface area contributed by atoms with Crippen LogP contribution in [-0.2, 0) is 0 Å². The number of hydrogen-bond acceptors (Lipinski definition) is 3. The van der Waals surface area contributed by atoms with Gasteiger partial charge in [0.15, 0.2) is 0 Å². The molecule has 0 saturated carbocycles. The first kappa shape index (κ1) is 13.8. The van der Waals surface area contributed by atoms with Crippen LogP contribution >= 0.6 is 11.6 Å². The minimum atomic E-state index is -1.11. The van der Waals surface area contributed by atoms with Crippen LogP contribution in [0.25, 0.3) is 0 Å². The zero-order valence-electron chi connectivity index (χ0n) is 9.93. The second-order valence-corrected chi connectivity index (χ2v) is 4.21. The third kappa shape index (κ3) is 2.87. The van der Waals surface area contributed by atoms with Gasteiger partial charge in [0.05, 0.1) is 16.1 Å². The first-order valence-electron chi connectivity index (χ1n) is 5.41. The zero-order chi connectivity index (χ0) is 14.7. The van der Waals surface area contributed by atoms with Crippen molar-refractivity contribution in [3.8, 4) is 17.6 Å². The lowest BCUT2D eigenvalue weighted by molar-refractivity contribution is 0.0697. The van der Waals surface area contributed by atoms with Crippen LogP contribution < -0.4 is 4.74 Å². The summed E-state index contributed by atoms with van der Waals surface area (Å²) in [5.41, 5.74) is 0.0327. The minimum Gasteiger partial charge on any atom is -0.478 e. The fourth-order valence-corrected chi connectivity index (χ4v) is 1.73. The normalized spacial score (nSPS) is 9.85. The molecular weight excluding hydrogens is 285 g/mol. The van der Waals surface area contributed by atoms with E-state index in [4.69, 9.17) is 26.7 Å². The first-order valence-corrected chi connectivity index (χ1v) is 5.79. The number of nitriles is 1. The van der Waals surface area contributed by atoms with Gasteiger partial charge in [-0.2, -0.15) is 5.26 Å². The Balaban J connectivity index is 2.36. The second-order valence-electron chi connectivity index (χ2n) is 3.80. The van der Waals surface area contributed by atoms with Crippen LogP contribution in [0.2, 0.25) is 5.02 Å². The Kier molecular flexibility index (Phi) is 3.87. The average Bonchev–Trinajstić information content (AvgIpc) is 2.42. The van der Waals surface area contributed by atoms with E-state index < -0.39 is 11.8 Å². The van der Waals surface area contributed by atoms with Crippen molar-refractivity contribution < 1.29 is 19.0 Å². The van der Waals surface area contributed by atoms with E-state index in [0.29, 0.717) is 0 Å². The topological polar surface area (TPSA) is 70.3 Å². The molecule has 1 N–H and O–H groups in total. The van der Waals surface area contributed by atoms with Crippen LogP contribution in [0.15, 0.2) is 36.4 Å². The van der Waals surface area contributed by atoms with Crippen LogP contribution in [0.1, 0.15) is 15.9 Å². The minimum absolute atomic E-state index is 0.0157. The molecule has 0 aliphatic rings. The van der Waals surface area contributed by atoms with Gasteiger partial charge in [-0.1, -0.05) is 11.6 Å². The number of benzene rings is 2. The quantitative estimate of drug-likeness (QED) is 0.932. The molecule has 0 atom stereocenters. The SMILES string of the molecule is N#Cc1cc(F)ccc1Oc1ccc(C(=O)O)cc1Cl. The summed E-state index contributed by atoms with van der Waals surface area (Å²) in [6, 6.07) is 9.21. The van der Waals surface area contributed by atoms with Crippen LogP contribution in [0, 0.1) is 17.1 Å². The summed E-state index contributed by atoms with van der Waals surface area (Å²) < 4.78 is 18.4. The van der Waals surface area contributed by atoms with Gasteiger partial charge in [0.25, 0.3) is 0 Å². The Hall–Kier alpha value is -2.58. The van der Waals surface area contributed by atoms with Crippen molar-refractivity contribution in [1.82, 2.24) is 0 Å². The van der Waals surface area contributed by atoms with Crippen molar-refractivity contribution in [2.24, 2.45) is 0 Å². The second kappa shape index (κ2) is 5.59. The molecule has 0 amide bonds. The molecule has 0 radical (unpaired) electrons. The van der Waals surface area contributed by atoms with Gasteiger partial charge in [-0.15, -0.1) is 0 Å². The maximum Gasteiger partial charge on any atom is 0.335 e. The van der Waals surface area contributed by atoms with Crippen LogP contribution in [0.4, 0.5) is 4.39 Å². The van der Waals surface area contributed by atoms with E-state index in [1.54, 1.807) is 6.07 Å². The summed E-state index contributed by atoms with van der Waals surface area (Å²) in [5, 5.41) is 17.8. The standard InChI is InChI=1S/C14H7ClFNO3/c15-11-6-8(14(18)19)1-3-13(11)20-12-4-2-10(16)5-9(12)7-17/h1-6H,(H,18,19). The third-order valence-corrected chi connectivity index (χ3v) is 2.76. The number of rotatable bonds is 3. The number of hydrogen-bond donors (Lipinski definition) is 1. The van der Waals surface area contributed by atoms with E-state index in [0.717, 1.165) is 12.1 Å². The molecule has 6 heteroatoms. The van der Waals surface area contributed by atoms with Crippen LogP contribution in [0.5, 0.6) is 11.5 Å². The summed E-state index contributed by atoms with van der Waals surface area (Å²) in [5.74, 6) is -1.35. The molecule has 0 heterocycles. The van der Waals surface area contributed by atoms with Gasteiger partial charge in [0.1, 0.15) is 23.4 Å². The fraction of sp³-hybridized carbons (Fsp3) is 0. The Morgan fingerprint density at radius 2 is 1.95 bits per heavy atom. The molecule has 2 aromatic rings. The molecule has 0 aliphatic carbocycles. The molecule has 0 fully saturated rings. The van der Waals surface area contributed by atoms with Crippen LogP contribution in [0.3, 0.4) is 0 Å². The summed E-state index contributed by atoms with van der Waals surface area (Å²) in [4.78, 5) is 10.8. The van der Waals surface area contributed by atoms with Crippen molar-refractivity contribution in [3.05, 3.63) is 58.4 Å². The molecular formula is C14H7ClFNO3. The number of carboxylic acids is 1. The van der Waals surface area contributed by atoms with E-state index in [-0.39, 0.29) is 27.6 Å². The summed E-state index contributed by atoms with van der Waals surface area (Å²) in [6.45, 7) is 0. The first-order chi connectivity index (χ1) is 9.51. The Labute approximate surface area is 118 Å². The lowest BCUT2D eigenvalue weighted by atomic mass is 10.2. The van der Waals surface area contributed by atoms with E-state index in [1.165, 1.54) is 24.3 Å². The number of carbonyl (C=O) groups is 1. The lowest BCUT2D eigenvalue weighted by Gasteiger charge is -2.09. The van der Waals surface area contributed by atoms with Crippen molar-refractivity contribution in [2.45, 2.75) is 0 Å². The van der Waals surface area contributed by atoms with Gasteiger partial charge in [-0.05, 0) is 36.4 Å². The average molecular weight is 292 g/mol. The highest BCUT2D eigenvalue weighted by atomic mass is 35.5. The van der Waals surface area contributed by atoms with Crippen molar-refractivity contribution in [1.29, 1.82) is 5.26 Å². The van der Waals surface area contributed by atoms with Crippen molar-refractivity contribution in [2.75, 3.05) is 0 Å². The molecule has 0 spiro atoms. The lowest BCUT2D eigenvalue weighted by Crippen LogP contribution is -1.96. The Morgan fingerprint density at radius 1 is 1.25 bits per heavy atom. The molecule has 0 aromatic heterocycles. The smallest absolute Gasteiger partial charge is 0.335 e. The molecule has 0 aliphatic heterocycles. The monoisotopic (exact) mass is 291 g/mol.